The third-order valence-electron chi connectivity index (χ3n) is 3.46. The number of hydrogen-bond acceptors (Lipinski definition) is 6. The Morgan fingerprint density at radius 3 is 2.52 bits per heavy atom. The van der Waals surface area contributed by atoms with E-state index in [1.807, 2.05) is 0 Å². The number of anilines is 1. The predicted molar refractivity (Wildman–Crippen MR) is 91.6 cm³/mol. The van der Waals surface area contributed by atoms with Gasteiger partial charge in [0.2, 0.25) is 5.91 Å². The molecule has 0 aliphatic carbocycles. The van der Waals surface area contributed by atoms with Crippen LogP contribution in [0.3, 0.4) is 0 Å². The second-order valence-electron chi connectivity index (χ2n) is 5.29. The van der Waals surface area contributed by atoms with Crippen LogP contribution >= 0.6 is 12.4 Å². The Labute approximate surface area is 150 Å². The molecule has 1 aromatic carbocycles. The molecule has 9 nitrogen and oxygen atoms in total. The summed E-state index contributed by atoms with van der Waals surface area (Å²) in [7, 11) is 1.48. The lowest BCUT2D eigenvalue weighted by atomic mass is 10.2. The number of urea groups is 1. The van der Waals surface area contributed by atoms with E-state index in [0.29, 0.717) is 30.4 Å². The zero-order chi connectivity index (χ0) is 17.7. The van der Waals surface area contributed by atoms with Gasteiger partial charge in [-0.1, -0.05) is 0 Å². The van der Waals surface area contributed by atoms with Crippen LogP contribution in [0.5, 0.6) is 11.5 Å². The first-order chi connectivity index (χ1) is 11.4. The molecule has 138 valence electrons. The van der Waals surface area contributed by atoms with E-state index in [-0.39, 0.29) is 19.0 Å². The number of carbonyl (C=O) groups is 3. The summed E-state index contributed by atoms with van der Waals surface area (Å²) in [4.78, 5) is 35.7. The Bertz CT molecular complexity index is 654. The summed E-state index contributed by atoms with van der Waals surface area (Å²) in [5.41, 5.74) is 0.441. The van der Waals surface area contributed by atoms with Gasteiger partial charge in [-0.3, -0.25) is 19.8 Å². The van der Waals surface area contributed by atoms with Crippen molar-refractivity contribution in [3.63, 3.8) is 0 Å². The van der Waals surface area contributed by atoms with E-state index in [1.165, 1.54) is 18.9 Å². The fourth-order valence-electron chi connectivity index (χ4n) is 2.00. The van der Waals surface area contributed by atoms with Crippen LogP contribution in [0.2, 0.25) is 0 Å². The summed E-state index contributed by atoms with van der Waals surface area (Å²) < 4.78 is 10.8. The highest BCUT2D eigenvalue weighted by molar-refractivity contribution is 6.02. The van der Waals surface area contributed by atoms with Gasteiger partial charge in [0.1, 0.15) is 19.3 Å². The minimum Gasteiger partial charge on any atom is -0.486 e. The van der Waals surface area contributed by atoms with Crippen LogP contribution in [-0.4, -0.2) is 60.8 Å². The predicted octanol–water partition coefficient (Wildman–Crippen LogP) is 0.933. The Balaban J connectivity index is 0.00000312. The third-order valence-corrected chi connectivity index (χ3v) is 3.46. The van der Waals surface area contributed by atoms with E-state index in [4.69, 9.17) is 14.6 Å². The van der Waals surface area contributed by atoms with Gasteiger partial charge in [-0.15, -0.1) is 12.4 Å². The normalized spacial score (nSPS) is 13.4. The summed E-state index contributed by atoms with van der Waals surface area (Å²) in [6.45, 7) is 2.12. The molecule has 0 saturated heterocycles. The van der Waals surface area contributed by atoms with Gasteiger partial charge in [0, 0.05) is 11.8 Å². The topological polar surface area (TPSA) is 117 Å². The number of ether oxygens (including phenoxy) is 2. The van der Waals surface area contributed by atoms with Gasteiger partial charge in [-0.2, -0.15) is 0 Å². The van der Waals surface area contributed by atoms with Crippen molar-refractivity contribution in [1.82, 2.24) is 10.2 Å². The van der Waals surface area contributed by atoms with Crippen LogP contribution in [0.1, 0.15) is 6.92 Å². The zero-order valence-corrected chi connectivity index (χ0v) is 14.6. The number of nitrogens with one attached hydrogen (secondary N) is 2. The SMILES string of the molecule is CC(C(=O)O)N(C)CC(=O)NC(=O)Nc1ccc2c(c1)OCCO2.Cl. The summed E-state index contributed by atoms with van der Waals surface area (Å²) >= 11 is 0. The summed E-state index contributed by atoms with van der Waals surface area (Å²) in [6.07, 6.45) is 0. The number of aliphatic carboxylic acids is 1. The van der Waals surface area contributed by atoms with Crippen LogP contribution < -0.4 is 20.1 Å². The number of nitrogens with zero attached hydrogens (tertiary/aromatic N) is 1. The van der Waals surface area contributed by atoms with Crippen molar-refractivity contribution in [2.45, 2.75) is 13.0 Å². The minimum absolute atomic E-state index is 0. The first-order valence-corrected chi connectivity index (χ1v) is 7.30. The Morgan fingerprint density at radius 1 is 1.24 bits per heavy atom. The zero-order valence-electron chi connectivity index (χ0n) is 13.8. The maximum atomic E-state index is 11.8. The van der Waals surface area contributed by atoms with Crippen molar-refractivity contribution in [3.05, 3.63) is 18.2 Å². The summed E-state index contributed by atoms with van der Waals surface area (Å²) in [5, 5.41) is 13.5. The van der Waals surface area contributed by atoms with E-state index in [9.17, 15) is 14.4 Å². The molecule has 10 heteroatoms. The van der Waals surface area contributed by atoms with Crippen LogP contribution in [0.15, 0.2) is 18.2 Å². The molecule has 0 radical (unpaired) electrons. The number of fused-ring (bicyclic) bond motifs is 1. The van der Waals surface area contributed by atoms with E-state index in [2.05, 4.69) is 10.6 Å². The fraction of sp³-hybridized carbons (Fsp3) is 0.400. The van der Waals surface area contributed by atoms with Crippen molar-refractivity contribution in [2.75, 3.05) is 32.1 Å². The first-order valence-electron chi connectivity index (χ1n) is 7.30. The fourth-order valence-corrected chi connectivity index (χ4v) is 2.00. The number of carboxylic acids is 1. The Morgan fingerprint density at radius 2 is 1.88 bits per heavy atom. The quantitative estimate of drug-likeness (QED) is 0.702. The molecule has 3 amide bonds. The first kappa shape index (κ1) is 20.5. The van der Waals surface area contributed by atoms with Crippen LogP contribution in [0, 0.1) is 0 Å². The second kappa shape index (κ2) is 9.09. The molecule has 3 N–H and O–H groups in total. The van der Waals surface area contributed by atoms with Crippen molar-refractivity contribution in [3.8, 4) is 11.5 Å². The average Bonchev–Trinajstić information content (AvgIpc) is 2.53. The molecule has 0 saturated carbocycles. The standard InChI is InChI=1S/C15H19N3O6.ClH/c1-9(14(20)21)18(2)8-13(19)17-15(22)16-10-3-4-11-12(7-10)24-6-5-23-11;/h3-4,7,9H,5-6,8H2,1-2H3,(H,20,21)(H2,16,17,19,22);1H. The van der Waals surface area contributed by atoms with Gasteiger partial charge in [0.05, 0.1) is 6.54 Å². The number of carboxylic acid groups (broad SMARTS) is 1. The highest BCUT2D eigenvalue weighted by atomic mass is 35.5. The molecule has 1 unspecified atom stereocenters. The highest BCUT2D eigenvalue weighted by Gasteiger charge is 2.20. The van der Waals surface area contributed by atoms with Crippen LogP contribution in [0.25, 0.3) is 0 Å². The van der Waals surface area contributed by atoms with Crippen LogP contribution in [0.4, 0.5) is 10.5 Å². The minimum atomic E-state index is -1.05. The number of carbonyl (C=O) groups excluding carboxylic acids is 2. The molecule has 1 aliphatic rings. The molecule has 1 aromatic rings. The van der Waals surface area contributed by atoms with Crippen LogP contribution in [-0.2, 0) is 9.59 Å². The maximum Gasteiger partial charge on any atom is 0.325 e. The largest absolute Gasteiger partial charge is 0.486 e. The number of imide groups is 1. The maximum absolute atomic E-state index is 11.8. The number of amides is 3. The molecular weight excluding hydrogens is 354 g/mol. The number of rotatable bonds is 5. The van der Waals surface area contributed by atoms with Gasteiger partial charge in [0.15, 0.2) is 11.5 Å². The third kappa shape index (κ3) is 5.80. The number of halogens is 1. The van der Waals surface area contributed by atoms with E-state index in [0.717, 1.165) is 0 Å². The average molecular weight is 374 g/mol. The van der Waals surface area contributed by atoms with Crippen molar-refractivity contribution >= 4 is 36.0 Å². The molecule has 1 heterocycles. The molecule has 1 atom stereocenters. The lowest BCUT2D eigenvalue weighted by Crippen LogP contribution is -2.45. The lowest BCUT2D eigenvalue weighted by Gasteiger charge is -2.20. The molecule has 1 aliphatic heterocycles. The smallest absolute Gasteiger partial charge is 0.325 e. The number of likely N-dealkylation sites (N-methyl/N-ethyl adjacent to an activating group) is 1. The molecule has 0 bridgehead atoms. The van der Waals surface area contributed by atoms with E-state index in [1.54, 1.807) is 18.2 Å². The van der Waals surface area contributed by atoms with Gasteiger partial charge in [-0.05, 0) is 26.1 Å². The van der Waals surface area contributed by atoms with Crippen molar-refractivity contribution in [2.24, 2.45) is 0 Å². The highest BCUT2D eigenvalue weighted by Crippen LogP contribution is 2.32. The van der Waals surface area contributed by atoms with E-state index < -0.39 is 23.9 Å². The Kier molecular flexibility index (Phi) is 7.46. The van der Waals surface area contributed by atoms with Crippen molar-refractivity contribution < 1.29 is 29.0 Å². The van der Waals surface area contributed by atoms with Gasteiger partial charge in [-0.25, -0.2) is 4.79 Å². The molecule has 2 rings (SSSR count). The molecule has 0 spiro atoms. The monoisotopic (exact) mass is 373 g/mol. The van der Waals surface area contributed by atoms with Gasteiger partial charge in [0.25, 0.3) is 0 Å². The number of benzene rings is 1. The molecular formula is C15H20ClN3O6. The summed E-state index contributed by atoms with van der Waals surface area (Å²) in [5.74, 6) is -0.556. The van der Waals surface area contributed by atoms with E-state index >= 15 is 0 Å². The molecule has 0 aromatic heterocycles. The molecule has 25 heavy (non-hydrogen) atoms. The van der Waals surface area contributed by atoms with Gasteiger partial charge >= 0.3 is 12.0 Å². The van der Waals surface area contributed by atoms with Gasteiger partial charge < -0.3 is 19.9 Å². The molecule has 0 fully saturated rings. The second-order valence-corrected chi connectivity index (χ2v) is 5.29. The Hall–Kier alpha value is -2.52. The lowest BCUT2D eigenvalue weighted by molar-refractivity contribution is -0.142. The summed E-state index contributed by atoms with van der Waals surface area (Å²) in [6, 6.07) is 3.33. The van der Waals surface area contributed by atoms with Crippen molar-refractivity contribution in [1.29, 1.82) is 0 Å². The number of hydrogen-bond donors (Lipinski definition) is 3.